The number of aliphatic hydroxyl groups excluding tert-OH is 2. The second kappa shape index (κ2) is 37.6. The minimum Gasteiger partial charge on any atom is -0.466 e. The maximum atomic E-state index is 11.0. The van der Waals surface area contributed by atoms with Gasteiger partial charge in [0.05, 0.1) is 106 Å². The highest BCUT2D eigenvalue weighted by Crippen LogP contribution is 2.09. The molecule has 0 unspecified atom stereocenters. The second-order valence-electron chi connectivity index (χ2n) is 8.35. The summed E-state index contributed by atoms with van der Waals surface area (Å²) < 4.78 is 40.9. The van der Waals surface area contributed by atoms with Gasteiger partial charge in [-0.15, -0.1) is 0 Å². The lowest BCUT2D eigenvalue weighted by atomic mass is 10.1. The number of aliphatic hydroxyl groups is 2. The van der Waals surface area contributed by atoms with Gasteiger partial charge in [0.15, 0.2) is 0 Å². The number of unbranched alkanes of at least 4 members (excludes halogenated alkanes) is 5. The Hall–Kier alpha value is -1.38. The van der Waals surface area contributed by atoms with E-state index in [0.29, 0.717) is 105 Å². The summed E-state index contributed by atoms with van der Waals surface area (Å²) in [7, 11) is 0. The van der Waals surface area contributed by atoms with Crippen LogP contribution in [-0.4, -0.2) is 128 Å². The van der Waals surface area contributed by atoms with E-state index < -0.39 is 0 Å². The minimum absolute atomic E-state index is 0.0334. The summed E-state index contributed by atoms with van der Waals surface area (Å²) in [5, 5.41) is 17.0. The molecular weight excluding hydrogens is 528 g/mol. The van der Waals surface area contributed by atoms with Crippen molar-refractivity contribution in [2.45, 2.75) is 65.2 Å². The number of hydrogen-bond donors (Lipinski definition) is 2. The Bertz CT molecular complexity index is 464. The van der Waals surface area contributed by atoms with Gasteiger partial charge in [-0.25, -0.2) is 0 Å². The molecule has 0 aliphatic rings. The zero-order valence-electron chi connectivity index (χ0n) is 24.9. The molecule has 0 aromatic heterocycles. The van der Waals surface area contributed by atoms with Crippen LogP contribution in [0.3, 0.4) is 0 Å². The number of hydrogen-bond acceptors (Lipinski definition) is 12. The zero-order chi connectivity index (χ0) is 29.8. The molecule has 0 aromatic rings. The lowest BCUT2D eigenvalue weighted by Crippen LogP contribution is -2.14. The molecular formula is C28H56O12. The number of ether oxygens (including phenoxy) is 8. The van der Waals surface area contributed by atoms with Crippen LogP contribution in [0.25, 0.3) is 0 Å². The van der Waals surface area contributed by atoms with Gasteiger partial charge in [-0.05, 0) is 26.7 Å². The SMILES string of the molecule is CCOC(=O)CCCCCCCCC(=O)OCC.OCCOCCOCCOCCOCCOCCOCCO. The summed E-state index contributed by atoms with van der Waals surface area (Å²) in [5.74, 6) is -0.195. The summed E-state index contributed by atoms with van der Waals surface area (Å²) in [6.07, 6.45) is 7.18. The third-order valence-corrected chi connectivity index (χ3v) is 4.95. The van der Waals surface area contributed by atoms with Crippen LogP contribution in [0, 0.1) is 0 Å². The molecule has 0 spiro atoms. The average molecular weight is 585 g/mol. The lowest BCUT2D eigenvalue weighted by molar-refractivity contribution is -0.144. The first kappa shape index (κ1) is 40.8. The quantitative estimate of drug-likeness (QED) is 0.0942. The molecule has 12 nitrogen and oxygen atoms in total. The number of esters is 2. The molecule has 0 radical (unpaired) electrons. The van der Waals surface area contributed by atoms with Crippen molar-refractivity contribution >= 4 is 11.9 Å². The van der Waals surface area contributed by atoms with Gasteiger partial charge in [-0.1, -0.05) is 25.7 Å². The van der Waals surface area contributed by atoms with E-state index in [2.05, 4.69) is 0 Å². The first-order valence-electron chi connectivity index (χ1n) is 14.6. The maximum absolute atomic E-state index is 11.0. The fraction of sp³-hybridized carbons (Fsp3) is 0.929. The molecule has 40 heavy (non-hydrogen) atoms. The van der Waals surface area contributed by atoms with E-state index >= 15 is 0 Å². The van der Waals surface area contributed by atoms with Crippen LogP contribution in [0.15, 0.2) is 0 Å². The van der Waals surface area contributed by atoms with Crippen LogP contribution in [0.5, 0.6) is 0 Å². The van der Waals surface area contributed by atoms with Crippen LogP contribution >= 0.6 is 0 Å². The molecule has 0 aliphatic carbocycles. The average Bonchev–Trinajstić information content (AvgIpc) is 2.94. The van der Waals surface area contributed by atoms with Crippen molar-refractivity contribution in [2.75, 3.05) is 106 Å². The molecule has 240 valence electrons. The highest BCUT2D eigenvalue weighted by Gasteiger charge is 2.02. The Morgan fingerprint density at radius 2 is 0.675 bits per heavy atom. The summed E-state index contributed by atoms with van der Waals surface area (Å²) in [4.78, 5) is 22.1. The topological polar surface area (TPSA) is 148 Å². The van der Waals surface area contributed by atoms with E-state index in [1.54, 1.807) is 0 Å². The zero-order valence-corrected chi connectivity index (χ0v) is 24.9. The molecule has 0 saturated carbocycles. The summed E-state index contributed by atoms with van der Waals surface area (Å²) in [5.41, 5.74) is 0. The number of rotatable bonds is 30. The third kappa shape index (κ3) is 38.8. The summed E-state index contributed by atoms with van der Waals surface area (Å²) in [6, 6.07) is 0. The smallest absolute Gasteiger partial charge is 0.305 e. The third-order valence-electron chi connectivity index (χ3n) is 4.95. The largest absolute Gasteiger partial charge is 0.466 e. The Labute approximate surface area is 240 Å². The predicted molar refractivity (Wildman–Crippen MR) is 149 cm³/mol. The Morgan fingerprint density at radius 3 is 0.925 bits per heavy atom. The van der Waals surface area contributed by atoms with Crippen molar-refractivity contribution in [2.24, 2.45) is 0 Å². The standard InChI is InChI=1S/C14H30O8.C14H26O4/c15-1-3-17-5-7-19-9-11-21-13-14-22-12-10-20-8-6-18-4-2-16;1-3-17-13(15)11-9-7-5-6-8-10-12-14(16)18-4-2/h15-16H,1-14H2;3-12H2,1-2H3. The first-order chi connectivity index (χ1) is 19.6. The van der Waals surface area contributed by atoms with Crippen molar-refractivity contribution in [3.63, 3.8) is 0 Å². The van der Waals surface area contributed by atoms with Gasteiger partial charge in [-0.3, -0.25) is 9.59 Å². The molecule has 0 fully saturated rings. The Balaban J connectivity index is 0. The van der Waals surface area contributed by atoms with Crippen molar-refractivity contribution < 1.29 is 57.7 Å². The van der Waals surface area contributed by atoms with Crippen LogP contribution in [-0.2, 0) is 47.5 Å². The molecule has 0 atom stereocenters. The van der Waals surface area contributed by atoms with Crippen LogP contribution in [0.4, 0.5) is 0 Å². The highest BCUT2D eigenvalue weighted by atomic mass is 16.6. The second-order valence-corrected chi connectivity index (χ2v) is 8.35. The monoisotopic (exact) mass is 584 g/mol. The Morgan fingerprint density at radius 1 is 0.425 bits per heavy atom. The molecule has 0 saturated heterocycles. The molecule has 12 heteroatoms. The molecule has 0 aromatic carbocycles. The normalized spacial score (nSPS) is 10.7. The van der Waals surface area contributed by atoms with Gasteiger partial charge in [0.25, 0.3) is 0 Å². The van der Waals surface area contributed by atoms with E-state index in [1.807, 2.05) is 13.8 Å². The fourth-order valence-electron chi connectivity index (χ4n) is 3.04. The van der Waals surface area contributed by atoms with Crippen LogP contribution in [0.1, 0.15) is 65.2 Å². The van der Waals surface area contributed by atoms with Gasteiger partial charge in [0, 0.05) is 12.8 Å². The van der Waals surface area contributed by atoms with Gasteiger partial charge in [0.1, 0.15) is 0 Å². The fourth-order valence-corrected chi connectivity index (χ4v) is 3.04. The van der Waals surface area contributed by atoms with Crippen molar-refractivity contribution in [1.29, 1.82) is 0 Å². The Kier molecular flexibility index (Phi) is 38.3. The van der Waals surface area contributed by atoms with Gasteiger partial charge in [-0.2, -0.15) is 0 Å². The molecule has 0 heterocycles. The van der Waals surface area contributed by atoms with Crippen molar-refractivity contribution in [1.82, 2.24) is 0 Å². The van der Waals surface area contributed by atoms with E-state index in [1.165, 1.54) is 0 Å². The molecule has 0 rings (SSSR count). The maximum Gasteiger partial charge on any atom is 0.305 e. The lowest BCUT2D eigenvalue weighted by Gasteiger charge is -2.07. The summed E-state index contributed by atoms with van der Waals surface area (Å²) >= 11 is 0. The van der Waals surface area contributed by atoms with Gasteiger partial charge < -0.3 is 48.1 Å². The highest BCUT2D eigenvalue weighted by molar-refractivity contribution is 5.69. The molecule has 0 aliphatic heterocycles. The molecule has 0 amide bonds. The molecule has 0 bridgehead atoms. The van der Waals surface area contributed by atoms with E-state index in [9.17, 15) is 9.59 Å². The summed E-state index contributed by atoms with van der Waals surface area (Å²) in [6.45, 7) is 10.4. The predicted octanol–water partition coefficient (Wildman–Crippen LogP) is 2.30. The van der Waals surface area contributed by atoms with Gasteiger partial charge in [0.2, 0.25) is 0 Å². The molecule has 2 N–H and O–H groups in total. The van der Waals surface area contributed by atoms with Gasteiger partial charge >= 0.3 is 11.9 Å². The van der Waals surface area contributed by atoms with Crippen LogP contribution < -0.4 is 0 Å². The van der Waals surface area contributed by atoms with Crippen LogP contribution in [0.2, 0.25) is 0 Å². The minimum atomic E-state index is -0.0974. The number of carbonyl (C=O) groups is 2. The first-order valence-corrected chi connectivity index (χ1v) is 14.6. The van der Waals surface area contributed by atoms with Crippen molar-refractivity contribution in [3.05, 3.63) is 0 Å². The number of carbonyl (C=O) groups excluding carboxylic acids is 2. The van der Waals surface area contributed by atoms with E-state index in [0.717, 1.165) is 38.5 Å². The van der Waals surface area contributed by atoms with E-state index in [4.69, 9.17) is 48.1 Å². The van der Waals surface area contributed by atoms with E-state index in [-0.39, 0.29) is 25.2 Å². The van der Waals surface area contributed by atoms with Crippen molar-refractivity contribution in [3.8, 4) is 0 Å².